The highest BCUT2D eigenvalue weighted by Crippen LogP contribution is 2.22. The Bertz CT molecular complexity index is 951. The third kappa shape index (κ3) is 3.05. The first-order valence-electron chi connectivity index (χ1n) is 8.18. The molecule has 0 bridgehead atoms. The Kier molecular flexibility index (Phi) is 3.84. The quantitative estimate of drug-likeness (QED) is 0.734. The molecule has 2 aromatic carbocycles. The van der Waals surface area contributed by atoms with Crippen LogP contribution in [0.25, 0.3) is 10.9 Å². The SMILES string of the molecule is Cc1ccc(C(=O)N2CC(Oc3ccc4ccccc4n3)C2)cc1F. The molecule has 0 spiro atoms. The van der Waals surface area contributed by atoms with Gasteiger partial charge in [-0.1, -0.05) is 24.3 Å². The van der Waals surface area contributed by atoms with Crippen LogP contribution in [0.1, 0.15) is 15.9 Å². The molecular formula is C20H17FN2O2. The Morgan fingerprint density at radius 3 is 2.76 bits per heavy atom. The molecule has 126 valence electrons. The summed E-state index contributed by atoms with van der Waals surface area (Å²) in [6, 6.07) is 16.2. The van der Waals surface area contributed by atoms with Crippen LogP contribution in [0, 0.1) is 12.7 Å². The van der Waals surface area contributed by atoms with Crippen molar-refractivity contribution in [2.24, 2.45) is 0 Å². The van der Waals surface area contributed by atoms with Crippen LogP contribution in [-0.4, -0.2) is 35.0 Å². The van der Waals surface area contributed by atoms with E-state index in [1.165, 1.54) is 6.07 Å². The zero-order valence-corrected chi connectivity index (χ0v) is 13.8. The number of para-hydroxylation sites is 1. The number of benzene rings is 2. The lowest BCUT2D eigenvalue weighted by atomic mass is 10.1. The minimum absolute atomic E-state index is 0.0899. The maximum atomic E-state index is 13.6. The van der Waals surface area contributed by atoms with Crippen LogP contribution >= 0.6 is 0 Å². The van der Waals surface area contributed by atoms with Gasteiger partial charge in [0.1, 0.15) is 11.9 Å². The summed E-state index contributed by atoms with van der Waals surface area (Å²) in [6.07, 6.45) is -0.0899. The zero-order chi connectivity index (χ0) is 17.4. The zero-order valence-electron chi connectivity index (χ0n) is 13.8. The summed E-state index contributed by atoms with van der Waals surface area (Å²) in [5, 5.41) is 1.06. The fraction of sp³-hybridized carbons (Fsp3) is 0.200. The highest BCUT2D eigenvalue weighted by Gasteiger charge is 2.33. The Morgan fingerprint density at radius 2 is 1.96 bits per heavy atom. The van der Waals surface area contributed by atoms with Crippen molar-refractivity contribution in [2.75, 3.05) is 13.1 Å². The van der Waals surface area contributed by atoms with Gasteiger partial charge in [-0.2, -0.15) is 0 Å². The third-order valence-electron chi connectivity index (χ3n) is 4.41. The van der Waals surface area contributed by atoms with Gasteiger partial charge in [0.2, 0.25) is 5.88 Å². The van der Waals surface area contributed by atoms with E-state index in [-0.39, 0.29) is 17.8 Å². The van der Waals surface area contributed by atoms with Crippen molar-refractivity contribution >= 4 is 16.8 Å². The van der Waals surface area contributed by atoms with E-state index in [1.54, 1.807) is 24.0 Å². The molecule has 1 aromatic heterocycles. The predicted molar refractivity (Wildman–Crippen MR) is 93.2 cm³/mol. The van der Waals surface area contributed by atoms with Crippen LogP contribution in [0.5, 0.6) is 5.88 Å². The van der Waals surface area contributed by atoms with Crippen LogP contribution in [0.4, 0.5) is 4.39 Å². The molecule has 4 rings (SSSR count). The summed E-state index contributed by atoms with van der Waals surface area (Å²) < 4.78 is 19.5. The van der Waals surface area contributed by atoms with Crippen molar-refractivity contribution in [1.29, 1.82) is 0 Å². The molecule has 1 amide bonds. The van der Waals surface area contributed by atoms with E-state index in [4.69, 9.17) is 4.74 Å². The van der Waals surface area contributed by atoms with Crippen molar-refractivity contribution < 1.29 is 13.9 Å². The molecule has 1 fully saturated rings. The van der Waals surface area contributed by atoms with E-state index in [1.807, 2.05) is 36.4 Å². The summed E-state index contributed by atoms with van der Waals surface area (Å²) in [5.41, 5.74) is 1.77. The van der Waals surface area contributed by atoms with Gasteiger partial charge in [-0.05, 0) is 36.8 Å². The number of hydrogen-bond donors (Lipinski definition) is 0. The minimum Gasteiger partial charge on any atom is -0.471 e. The topological polar surface area (TPSA) is 42.4 Å². The van der Waals surface area contributed by atoms with Gasteiger partial charge in [-0.3, -0.25) is 4.79 Å². The summed E-state index contributed by atoms with van der Waals surface area (Å²) in [5.74, 6) is 0.0157. The number of nitrogens with zero attached hydrogens (tertiary/aromatic N) is 2. The van der Waals surface area contributed by atoms with E-state index in [0.717, 1.165) is 10.9 Å². The number of hydrogen-bond acceptors (Lipinski definition) is 3. The normalized spacial score (nSPS) is 14.4. The Morgan fingerprint density at radius 1 is 1.16 bits per heavy atom. The molecule has 25 heavy (non-hydrogen) atoms. The molecule has 1 saturated heterocycles. The summed E-state index contributed by atoms with van der Waals surface area (Å²) in [7, 11) is 0. The van der Waals surface area contributed by atoms with Gasteiger partial charge in [0.15, 0.2) is 0 Å². The van der Waals surface area contributed by atoms with E-state index in [2.05, 4.69) is 4.98 Å². The number of pyridine rings is 1. The van der Waals surface area contributed by atoms with Crippen LogP contribution in [0.2, 0.25) is 0 Å². The lowest BCUT2D eigenvalue weighted by molar-refractivity contribution is 0.0161. The number of likely N-dealkylation sites (tertiary alicyclic amines) is 1. The molecule has 0 unspecified atom stereocenters. The average Bonchev–Trinajstić information content (AvgIpc) is 2.59. The van der Waals surface area contributed by atoms with E-state index >= 15 is 0 Å². The van der Waals surface area contributed by atoms with Gasteiger partial charge in [0.25, 0.3) is 5.91 Å². The number of amides is 1. The highest BCUT2D eigenvalue weighted by atomic mass is 19.1. The van der Waals surface area contributed by atoms with Crippen LogP contribution in [0.15, 0.2) is 54.6 Å². The van der Waals surface area contributed by atoms with E-state index in [9.17, 15) is 9.18 Å². The van der Waals surface area contributed by atoms with Crippen molar-refractivity contribution in [3.05, 3.63) is 71.5 Å². The second kappa shape index (κ2) is 6.16. The summed E-state index contributed by atoms with van der Waals surface area (Å²) in [4.78, 5) is 18.5. The van der Waals surface area contributed by atoms with Gasteiger partial charge in [-0.25, -0.2) is 9.37 Å². The number of fused-ring (bicyclic) bond motifs is 1. The number of carbonyl (C=O) groups excluding carboxylic acids is 1. The second-order valence-corrected chi connectivity index (χ2v) is 6.26. The Balaban J connectivity index is 1.39. The standard InChI is InChI=1S/C20H17FN2O2/c1-13-6-7-15(10-17(13)21)20(24)23-11-16(12-23)25-19-9-8-14-4-2-3-5-18(14)22-19/h2-10,16H,11-12H2,1H3. The number of carbonyl (C=O) groups is 1. The number of aryl methyl sites for hydroxylation is 1. The van der Waals surface area contributed by atoms with Crippen LogP contribution < -0.4 is 4.74 Å². The maximum absolute atomic E-state index is 13.6. The number of ether oxygens (including phenoxy) is 1. The first kappa shape index (κ1) is 15.6. The van der Waals surface area contributed by atoms with E-state index < -0.39 is 0 Å². The van der Waals surface area contributed by atoms with Gasteiger partial charge >= 0.3 is 0 Å². The molecule has 0 atom stereocenters. The third-order valence-corrected chi connectivity index (χ3v) is 4.41. The Labute approximate surface area is 144 Å². The smallest absolute Gasteiger partial charge is 0.254 e. The largest absolute Gasteiger partial charge is 0.471 e. The van der Waals surface area contributed by atoms with Gasteiger partial charge in [0, 0.05) is 17.0 Å². The number of aromatic nitrogens is 1. The number of halogens is 1. The van der Waals surface area contributed by atoms with Gasteiger partial charge in [-0.15, -0.1) is 0 Å². The summed E-state index contributed by atoms with van der Waals surface area (Å²) in [6.45, 7) is 2.62. The number of rotatable bonds is 3. The molecule has 3 aromatic rings. The van der Waals surface area contributed by atoms with Crippen molar-refractivity contribution in [1.82, 2.24) is 9.88 Å². The molecule has 0 aliphatic carbocycles. The lowest BCUT2D eigenvalue weighted by Crippen LogP contribution is -2.56. The highest BCUT2D eigenvalue weighted by molar-refractivity contribution is 5.94. The average molecular weight is 336 g/mol. The first-order valence-corrected chi connectivity index (χ1v) is 8.18. The molecule has 1 aliphatic rings. The van der Waals surface area contributed by atoms with Gasteiger partial charge in [0.05, 0.1) is 18.6 Å². The second-order valence-electron chi connectivity index (χ2n) is 6.26. The maximum Gasteiger partial charge on any atom is 0.254 e. The molecule has 0 N–H and O–H groups in total. The fourth-order valence-corrected chi connectivity index (χ4v) is 2.87. The van der Waals surface area contributed by atoms with Crippen molar-refractivity contribution in [3.8, 4) is 5.88 Å². The molecule has 1 aliphatic heterocycles. The van der Waals surface area contributed by atoms with Crippen LogP contribution in [-0.2, 0) is 0 Å². The molecule has 0 radical (unpaired) electrons. The monoisotopic (exact) mass is 336 g/mol. The first-order chi connectivity index (χ1) is 12.1. The molecule has 0 saturated carbocycles. The molecule has 4 nitrogen and oxygen atoms in total. The van der Waals surface area contributed by atoms with Gasteiger partial charge < -0.3 is 9.64 Å². The molecular weight excluding hydrogens is 319 g/mol. The summed E-state index contributed by atoms with van der Waals surface area (Å²) >= 11 is 0. The fourth-order valence-electron chi connectivity index (χ4n) is 2.87. The predicted octanol–water partition coefficient (Wildman–Crippen LogP) is 3.59. The van der Waals surface area contributed by atoms with Crippen LogP contribution in [0.3, 0.4) is 0 Å². The lowest BCUT2D eigenvalue weighted by Gasteiger charge is -2.38. The van der Waals surface area contributed by atoms with Crippen molar-refractivity contribution in [3.63, 3.8) is 0 Å². The molecule has 5 heteroatoms. The van der Waals surface area contributed by atoms with Crippen molar-refractivity contribution in [2.45, 2.75) is 13.0 Å². The minimum atomic E-state index is -0.362. The molecule has 2 heterocycles. The van der Waals surface area contributed by atoms with E-state index in [0.29, 0.717) is 30.1 Å². The Hall–Kier alpha value is -2.95.